The maximum atomic E-state index is 12.0. The maximum absolute atomic E-state index is 12.0. The van der Waals surface area contributed by atoms with Gasteiger partial charge in [-0.15, -0.1) is 12.4 Å². The largest absolute Gasteiger partial charge is 0.348 e. The molecule has 0 unspecified atom stereocenters. The highest BCUT2D eigenvalue weighted by Gasteiger charge is 2.07. The second-order valence-electron chi connectivity index (χ2n) is 4.80. The minimum atomic E-state index is -0.0678. The van der Waals surface area contributed by atoms with Crippen LogP contribution < -0.4 is 5.32 Å². The summed E-state index contributed by atoms with van der Waals surface area (Å²) in [5.41, 5.74) is 5.50. The molecule has 0 atom stereocenters. The molecule has 4 heteroatoms. The number of hydrogen-bond acceptors (Lipinski definition) is 2. The first-order chi connectivity index (χ1) is 9.08. The van der Waals surface area contributed by atoms with Gasteiger partial charge in [0.05, 0.1) is 0 Å². The Morgan fingerprint density at radius 2 is 1.65 bits per heavy atom. The predicted octanol–water partition coefficient (Wildman–Crippen LogP) is 3.36. The molecule has 2 rings (SSSR count). The number of pyridine rings is 1. The Hall–Kier alpha value is -1.87. The third-order valence-corrected chi connectivity index (χ3v) is 3.21. The van der Waals surface area contributed by atoms with Crippen LogP contribution in [0.25, 0.3) is 0 Å². The van der Waals surface area contributed by atoms with Gasteiger partial charge in [0.15, 0.2) is 0 Å². The van der Waals surface area contributed by atoms with E-state index in [4.69, 9.17) is 0 Å². The summed E-state index contributed by atoms with van der Waals surface area (Å²) in [6, 6.07) is 7.70. The first-order valence-corrected chi connectivity index (χ1v) is 6.33. The predicted molar refractivity (Wildman–Crippen MR) is 83.3 cm³/mol. The molecule has 1 N–H and O–H groups in total. The third-order valence-electron chi connectivity index (χ3n) is 3.21. The number of benzene rings is 1. The van der Waals surface area contributed by atoms with Crippen molar-refractivity contribution < 1.29 is 4.79 Å². The molecule has 0 aliphatic carbocycles. The lowest BCUT2D eigenvalue weighted by Crippen LogP contribution is -2.23. The summed E-state index contributed by atoms with van der Waals surface area (Å²) in [5, 5.41) is 2.95. The molecule has 1 aromatic carbocycles. The molecule has 0 aliphatic rings. The summed E-state index contributed by atoms with van der Waals surface area (Å²) >= 11 is 0. The fourth-order valence-electron chi connectivity index (χ4n) is 2.26. The number of amides is 1. The summed E-state index contributed by atoms with van der Waals surface area (Å²) in [4.78, 5) is 15.9. The van der Waals surface area contributed by atoms with Crippen LogP contribution in [0.4, 0.5) is 0 Å². The van der Waals surface area contributed by atoms with Gasteiger partial charge >= 0.3 is 0 Å². The molecule has 0 bridgehead atoms. The lowest BCUT2D eigenvalue weighted by atomic mass is 10.00. The SMILES string of the molecule is Cc1cc(C)c(CNC(=O)c2ccncc2)c(C)c1.Cl. The smallest absolute Gasteiger partial charge is 0.251 e. The van der Waals surface area contributed by atoms with Gasteiger partial charge in [0, 0.05) is 24.5 Å². The van der Waals surface area contributed by atoms with Gasteiger partial charge in [-0.25, -0.2) is 0 Å². The maximum Gasteiger partial charge on any atom is 0.251 e. The number of nitrogens with one attached hydrogen (secondary N) is 1. The lowest BCUT2D eigenvalue weighted by molar-refractivity contribution is 0.0950. The Morgan fingerprint density at radius 1 is 1.10 bits per heavy atom. The second kappa shape index (κ2) is 7.06. The number of halogens is 1. The zero-order valence-electron chi connectivity index (χ0n) is 11.9. The second-order valence-corrected chi connectivity index (χ2v) is 4.80. The summed E-state index contributed by atoms with van der Waals surface area (Å²) in [6.45, 7) is 6.79. The monoisotopic (exact) mass is 290 g/mol. The van der Waals surface area contributed by atoms with Crippen LogP contribution in [0.2, 0.25) is 0 Å². The normalized spacial score (nSPS) is 9.75. The standard InChI is InChI=1S/C16H18N2O.ClH/c1-11-8-12(2)15(13(3)9-11)10-18-16(19)14-4-6-17-7-5-14;/h4-9H,10H2,1-3H3,(H,18,19);1H. The van der Waals surface area contributed by atoms with E-state index in [1.165, 1.54) is 22.3 Å². The van der Waals surface area contributed by atoms with E-state index >= 15 is 0 Å². The molecule has 106 valence electrons. The van der Waals surface area contributed by atoms with Gasteiger partial charge in [0.2, 0.25) is 0 Å². The minimum Gasteiger partial charge on any atom is -0.348 e. The minimum absolute atomic E-state index is 0. The van der Waals surface area contributed by atoms with Crippen molar-refractivity contribution in [2.75, 3.05) is 0 Å². The molecule has 20 heavy (non-hydrogen) atoms. The van der Waals surface area contributed by atoms with Crippen LogP contribution in [0.5, 0.6) is 0 Å². The van der Waals surface area contributed by atoms with Crippen molar-refractivity contribution >= 4 is 18.3 Å². The number of hydrogen-bond donors (Lipinski definition) is 1. The fraction of sp³-hybridized carbons (Fsp3) is 0.250. The van der Waals surface area contributed by atoms with Crippen molar-refractivity contribution in [3.05, 3.63) is 64.5 Å². The summed E-state index contributed by atoms with van der Waals surface area (Å²) in [5.74, 6) is -0.0678. The van der Waals surface area contributed by atoms with Crippen LogP contribution >= 0.6 is 12.4 Å². The zero-order valence-corrected chi connectivity index (χ0v) is 12.8. The van der Waals surface area contributed by atoms with Crippen LogP contribution in [0, 0.1) is 20.8 Å². The molecule has 0 spiro atoms. The molecule has 0 saturated heterocycles. The highest BCUT2D eigenvalue weighted by Crippen LogP contribution is 2.16. The molecule has 1 heterocycles. The molecule has 0 saturated carbocycles. The number of carbonyl (C=O) groups is 1. The Bertz CT molecular complexity index is 574. The zero-order chi connectivity index (χ0) is 13.8. The summed E-state index contributed by atoms with van der Waals surface area (Å²) < 4.78 is 0. The van der Waals surface area contributed by atoms with Crippen molar-refractivity contribution in [2.45, 2.75) is 27.3 Å². The molecule has 3 nitrogen and oxygen atoms in total. The average molecular weight is 291 g/mol. The topological polar surface area (TPSA) is 42.0 Å². The highest BCUT2D eigenvalue weighted by atomic mass is 35.5. The van der Waals surface area contributed by atoms with E-state index < -0.39 is 0 Å². The first-order valence-electron chi connectivity index (χ1n) is 6.33. The molecular formula is C16H19ClN2O. The van der Waals surface area contributed by atoms with Crippen LogP contribution in [0.3, 0.4) is 0 Å². The van der Waals surface area contributed by atoms with Crippen molar-refractivity contribution in [1.29, 1.82) is 0 Å². The number of nitrogens with zero attached hydrogens (tertiary/aromatic N) is 1. The molecule has 0 radical (unpaired) electrons. The summed E-state index contributed by atoms with van der Waals surface area (Å²) in [6.07, 6.45) is 3.24. The van der Waals surface area contributed by atoms with E-state index in [0.29, 0.717) is 12.1 Å². The van der Waals surface area contributed by atoms with Gasteiger partial charge in [-0.3, -0.25) is 9.78 Å². The van der Waals surface area contributed by atoms with E-state index in [1.54, 1.807) is 24.5 Å². The van der Waals surface area contributed by atoms with Crippen LogP contribution in [-0.4, -0.2) is 10.9 Å². The number of aromatic nitrogens is 1. The van der Waals surface area contributed by atoms with E-state index in [-0.39, 0.29) is 18.3 Å². The fourth-order valence-corrected chi connectivity index (χ4v) is 2.26. The van der Waals surface area contributed by atoms with E-state index in [9.17, 15) is 4.79 Å². The number of aryl methyl sites for hydroxylation is 3. The Labute approximate surface area is 125 Å². The molecular weight excluding hydrogens is 272 g/mol. The molecule has 2 aromatic rings. The van der Waals surface area contributed by atoms with Crippen molar-refractivity contribution in [2.24, 2.45) is 0 Å². The summed E-state index contributed by atoms with van der Waals surface area (Å²) in [7, 11) is 0. The van der Waals surface area contributed by atoms with Crippen LogP contribution in [0.15, 0.2) is 36.7 Å². The quantitative estimate of drug-likeness (QED) is 0.942. The average Bonchev–Trinajstić information content (AvgIpc) is 2.38. The molecule has 1 aromatic heterocycles. The highest BCUT2D eigenvalue weighted by molar-refractivity contribution is 5.93. The Kier molecular flexibility index (Phi) is 5.71. The third kappa shape index (κ3) is 3.81. The van der Waals surface area contributed by atoms with Gasteiger partial charge < -0.3 is 5.32 Å². The van der Waals surface area contributed by atoms with Gasteiger partial charge in [0.1, 0.15) is 0 Å². The number of rotatable bonds is 3. The van der Waals surface area contributed by atoms with Gasteiger partial charge in [-0.05, 0) is 49.6 Å². The Balaban J connectivity index is 0.00000200. The molecule has 1 amide bonds. The van der Waals surface area contributed by atoms with Gasteiger partial charge in [-0.2, -0.15) is 0 Å². The van der Waals surface area contributed by atoms with Gasteiger partial charge in [0.25, 0.3) is 5.91 Å². The number of carbonyl (C=O) groups excluding carboxylic acids is 1. The van der Waals surface area contributed by atoms with Crippen molar-refractivity contribution in [3.8, 4) is 0 Å². The first kappa shape index (κ1) is 16.2. The Morgan fingerprint density at radius 3 is 2.20 bits per heavy atom. The van der Waals surface area contributed by atoms with E-state index in [2.05, 4.69) is 43.2 Å². The van der Waals surface area contributed by atoms with Crippen molar-refractivity contribution in [1.82, 2.24) is 10.3 Å². The van der Waals surface area contributed by atoms with Crippen LogP contribution in [-0.2, 0) is 6.54 Å². The molecule has 0 aliphatic heterocycles. The van der Waals surface area contributed by atoms with Crippen molar-refractivity contribution in [3.63, 3.8) is 0 Å². The van der Waals surface area contributed by atoms with Gasteiger partial charge in [-0.1, -0.05) is 17.7 Å². The lowest BCUT2D eigenvalue weighted by Gasteiger charge is -2.12. The van der Waals surface area contributed by atoms with E-state index in [1.807, 2.05) is 0 Å². The van der Waals surface area contributed by atoms with E-state index in [0.717, 1.165) is 0 Å². The van der Waals surface area contributed by atoms with Crippen LogP contribution in [0.1, 0.15) is 32.6 Å². The molecule has 0 fully saturated rings.